The van der Waals surface area contributed by atoms with Crippen molar-refractivity contribution in [3.63, 3.8) is 0 Å². The standard InChI is InChI=1S/C38H20N2OS/c39-21-23-9-11-24(12-10-23)31-20-27(25-14-16-37-33(18-25)30-6-2-4-8-36(30)42-37)17-28(22-40)38(31)26-13-15-35-32(19-26)29-5-1-3-7-34(29)41-35/h1-20H. The second kappa shape index (κ2) is 9.46. The van der Waals surface area contributed by atoms with Crippen LogP contribution in [0.1, 0.15) is 11.1 Å². The van der Waals surface area contributed by atoms with Gasteiger partial charge in [0.2, 0.25) is 0 Å². The highest BCUT2D eigenvalue weighted by atomic mass is 32.1. The summed E-state index contributed by atoms with van der Waals surface area (Å²) in [4.78, 5) is 0. The molecule has 194 valence electrons. The molecule has 0 aliphatic heterocycles. The van der Waals surface area contributed by atoms with Crippen molar-refractivity contribution in [2.75, 3.05) is 0 Å². The first kappa shape index (κ1) is 24.1. The molecule has 0 radical (unpaired) electrons. The summed E-state index contributed by atoms with van der Waals surface area (Å²) in [5.41, 5.74) is 8.55. The van der Waals surface area contributed by atoms with E-state index in [1.54, 1.807) is 11.3 Å². The Hall–Kier alpha value is -5.68. The zero-order chi connectivity index (χ0) is 28.2. The van der Waals surface area contributed by atoms with Crippen molar-refractivity contribution in [3.8, 4) is 45.5 Å². The molecule has 6 aromatic carbocycles. The van der Waals surface area contributed by atoms with Crippen LogP contribution in [-0.2, 0) is 0 Å². The highest BCUT2D eigenvalue weighted by molar-refractivity contribution is 7.25. The van der Waals surface area contributed by atoms with Gasteiger partial charge in [-0.1, -0.05) is 60.7 Å². The summed E-state index contributed by atoms with van der Waals surface area (Å²) < 4.78 is 8.58. The van der Waals surface area contributed by atoms with Crippen LogP contribution in [0.4, 0.5) is 0 Å². The van der Waals surface area contributed by atoms with Gasteiger partial charge in [0.05, 0.1) is 23.3 Å². The molecule has 4 heteroatoms. The maximum Gasteiger partial charge on any atom is 0.135 e. The maximum atomic E-state index is 10.5. The third-order valence-electron chi connectivity index (χ3n) is 7.96. The minimum atomic E-state index is 0.592. The summed E-state index contributed by atoms with van der Waals surface area (Å²) in [5.74, 6) is 0. The van der Waals surface area contributed by atoms with Gasteiger partial charge in [0.25, 0.3) is 0 Å². The molecule has 42 heavy (non-hydrogen) atoms. The van der Waals surface area contributed by atoms with E-state index in [-0.39, 0.29) is 0 Å². The van der Waals surface area contributed by atoms with E-state index in [2.05, 4.69) is 72.8 Å². The summed E-state index contributed by atoms with van der Waals surface area (Å²) in [6.45, 7) is 0. The molecule has 0 bridgehead atoms. The van der Waals surface area contributed by atoms with Gasteiger partial charge in [-0.15, -0.1) is 11.3 Å². The van der Waals surface area contributed by atoms with Crippen molar-refractivity contribution < 1.29 is 4.42 Å². The Bertz CT molecular complexity index is 2430. The Kier molecular flexibility index (Phi) is 5.44. The molecular weight excluding hydrogens is 532 g/mol. The van der Waals surface area contributed by atoms with E-state index in [4.69, 9.17) is 4.42 Å². The molecule has 8 rings (SSSR count). The van der Waals surface area contributed by atoms with Crippen LogP contribution in [0.25, 0.3) is 75.5 Å². The number of nitrogens with zero attached hydrogens (tertiary/aromatic N) is 2. The van der Waals surface area contributed by atoms with Crippen molar-refractivity contribution in [2.24, 2.45) is 0 Å². The molecule has 0 spiro atoms. The molecule has 0 saturated heterocycles. The van der Waals surface area contributed by atoms with E-state index < -0.39 is 0 Å². The number of thiophene rings is 1. The van der Waals surface area contributed by atoms with Gasteiger partial charge in [0.15, 0.2) is 0 Å². The van der Waals surface area contributed by atoms with Crippen LogP contribution < -0.4 is 0 Å². The van der Waals surface area contributed by atoms with Gasteiger partial charge < -0.3 is 4.42 Å². The highest BCUT2D eigenvalue weighted by Gasteiger charge is 2.18. The largest absolute Gasteiger partial charge is 0.456 e. The Labute approximate surface area is 245 Å². The molecule has 0 aliphatic rings. The summed E-state index contributed by atoms with van der Waals surface area (Å²) in [7, 11) is 0. The first-order chi connectivity index (χ1) is 20.7. The fraction of sp³-hybridized carbons (Fsp3) is 0. The maximum absolute atomic E-state index is 10.5. The zero-order valence-electron chi connectivity index (χ0n) is 22.3. The smallest absolute Gasteiger partial charge is 0.135 e. The fourth-order valence-corrected chi connectivity index (χ4v) is 7.03. The van der Waals surface area contributed by atoms with Crippen LogP contribution in [0.3, 0.4) is 0 Å². The third-order valence-corrected chi connectivity index (χ3v) is 9.11. The Morgan fingerprint density at radius 2 is 1.19 bits per heavy atom. The van der Waals surface area contributed by atoms with Crippen LogP contribution in [0.2, 0.25) is 0 Å². The lowest BCUT2D eigenvalue weighted by Crippen LogP contribution is -1.93. The van der Waals surface area contributed by atoms with Crippen molar-refractivity contribution >= 4 is 53.4 Å². The number of rotatable bonds is 3. The number of benzene rings is 6. The fourth-order valence-electron chi connectivity index (χ4n) is 5.95. The van der Waals surface area contributed by atoms with E-state index in [0.29, 0.717) is 11.1 Å². The van der Waals surface area contributed by atoms with E-state index in [1.807, 2.05) is 60.7 Å². The molecular formula is C38H20N2OS. The lowest BCUT2D eigenvalue weighted by molar-refractivity contribution is 0.669. The average molecular weight is 553 g/mol. The second-order valence-electron chi connectivity index (χ2n) is 10.4. The molecule has 0 fully saturated rings. The highest BCUT2D eigenvalue weighted by Crippen LogP contribution is 2.42. The van der Waals surface area contributed by atoms with Crippen LogP contribution in [0, 0.1) is 22.7 Å². The van der Waals surface area contributed by atoms with Crippen molar-refractivity contribution in [1.82, 2.24) is 0 Å². The third kappa shape index (κ3) is 3.79. The average Bonchev–Trinajstić information content (AvgIpc) is 3.61. The van der Waals surface area contributed by atoms with Gasteiger partial charge in [0, 0.05) is 36.5 Å². The molecule has 3 nitrogen and oxygen atoms in total. The SMILES string of the molecule is N#Cc1ccc(-c2cc(-c3ccc4sc5ccccc5c4c3)cc(C#N)c2-c2ccc3oc4ccccc4c3c2)cc1. The van der Waals surface area contributed by atoms with Gasteiger partial charge in [-0.3, -0.25) is 0 Å². The van der Waals surface area contributed by atoms with Gasteiger partial charge >= 0.3 is 0 Å². The summed E-state index contributed by atoms with van der Waals surface area (Å²) in [5, 5.41) is 24.4. The van der Waals surface area contributed by atoms with Crippen LogP contribution >= 0.6 is 11.3 Å². The van der Waals surface area contributed by atoms with Crippen LogP contribution in [0.5, 0.6) is 0 Å². The molecule has 0 atom stereocenters. The lowest BCUT2D eigenvalue weighted by Gasteiger charge is -2.16. The first-order valence-corrected chi connectivity index (χ1v) is 14.4. The first-order valence-electron chi connectivity index (χ1n) is 13.6. The molecule has 0 saturated carbocycles. The van der Waals surface area contributed by atoms with Crippen molar-refractivity contribution in [3.05, 3.63) is 132 Å². The van der Waals surface area contributed by atoms with Crippen molar-refractivity contribution in [1.29, 1.82) is 10.5 Å². The summed E-state index contributed by atoms with van der Waals surface area (Å²) in [6, 6.07) is 45.6. The Morgan fingerprint density at radius 3 is 2.02 bits per heavy atom. The molecule has 8 aromatic rings. The van der Waals surface area contributed by atoms with Gasteiger partial charge in [-0.25, -0.2) is 0 Å². The van der Waals surface area contributed by atoms with Crippen LogP contribution in [-0.4, -0.2) is 0 Å². The normalized spacial score (nSPS) is 11.3. The van der Waals surface area contributed by atoms with Gasteiger partial charge in [-0.2, -0.15) is 10.5 Å². The van der Waals surface area contributed by atoms with E-state index in [1.165, 1.54) is 20.2 Å². The minimum absolute atomic E-state index is 0.592. The quantitative estimate of drug-likeness (QED) is 0.219. The van der Waals surface area contributed by atoms with E-state index >= 15 is 0 Å². The number of furan rings is 1. The number of hydrogen-bond acceptors (Lipinski definition) is 4. The predicted molar refractivity (Wildman–Crippen MR) is 172 cm³/mol. The summed E-state index contributed by atoms with van der Waals surface area (Å²) >= 11 is 1.79. The van der Waals surface area contributed by atoms with Crippen LogP contribution in [0.15, 0.2) is 126 Å². The van der Waals surface area contributed by atoms with E-state index in [9.17, 15) is 10.5 Å². The number of fused-ring (bicyclic) bond motifs is 6. The van der Waals surface area contributed by atoms with E-state index in [0.717, 1.165) is 55.3 Å². The second-order valence-corrected chi connectivity index (χ2v) is 11.4. The van der Waals surface area contributed by atoms with Gasteiger partial charge in [-0.05, 0) is 88.5 Å². The molecule has 0 amide bonds. The number of nitriles is 2. The monoisotopic (exact) mass is 552 g/mol. The topological polar surface area (TPSA) is 60.7 Å². The summed E-state index contributed by atoms with van der Waals surface area (Å²) in [6.07, 6.45) is 0. The molecule has 0 N–H and O–H groups in total. The predicted octanol–water partition coefficient (Wildman–Crippen LogP) is 10.7. The molecule has 0 aliphatic carbocycles. The number of para-hydroxylation sites is 1. The molecule has 2 aromatic heterocycles. The Morgan fingerprint density at radius 1 is 0.500 bits per heavy atom. The minimum Gasteiger partial charge on any atom is -0.456 e. The zero-order valence-corrected chi connectivity index (χ0v) is 23.1. The van der Waals surface area contributed by atoms with Gasteiger partial charge in [0.1, 0.15) is 11.2 Å². The molecule has 2 heterocycles. The lowest BCUT2D eigenvalue weighted by atomic mass is 9.86. The number of hydrogen-bond donors (Lipinski definition) is 0. The van der Waals surface area contributed by atoms with Crippen molar-refractivity contribution in [2.45, 2.75) is 0 Å². The molecule has 0 unspecified atom stereocenters. The Balaban J connectivity index is 1.39.